The molecule has 0 spiro atoms. The summed E-state index contributed by atoms with van der Waals surface area (Å²) in [5.41, 5.74) is 3.09. The van der Waals surface area contributed by atoms with Gasteiger partial charge in [-0.3, -0.25) is 0 Å². The third-order valence-electron chi connectivity index (χ3n) is 1.74. The minimum atomic E-state index is 0.606. The number of nitrogens with zero attached hydrogens (tertiary/aromatic N) is 1. The Morgan fingerprint density at radius 1 is 1.67 bits per heavy atom. The lowest BCUT2D eigenvalue weighted by atomic mass is 10.00. The molecule has 0 aliphatic carbocycles. The van der Waals surface area contributed by atoms with Gasteiger partial charge in [-0.1, -0.05) is 13.8 Å². The van der Waals surface area contributed by atoms with Gasteiger partial charge in [0.05, 0.1) is 0 Å². The highest BCUT2D eigenvalue weighted by atomic mass is 15.3. The van der Waals surface area contributed by atoms with Gasteiger partial charge < -0.3 is 5.43 Å². The van der Waals surface area contributed by atoms with Crippen LogP contribution in [0.3, 0.4) is 0 Å². The molecule has 0 radical (unpaired) electrons. The highest BCUT2D eigenvalue weighted by Gasteiger charge is 2.12. The van der Waals surface area contributed by atoms with Gasteiger partial charge in [-0.15, -0.1) is 0 Å². The molecule has 0 saturated carbocycles. The van der Waals surface area contributed by atoms with Crippen LogP contribution in [0.15, 0.2) is 5.10 Å². The second-order valence-corrected chi connectivity index (χ2v) is 2.87. The first-order chi connectivity index (χ1) is 4.30. The van der Waals surface area contributed by atoms with Gasteiger partial charge in [0.1, 0.15) is 0 Å². The number of rotatable bonds is 1. The van der Waals surface area contributed by atoms with Gasteiger partial charge in [0, 0.05) is 12.3 Å². The van der Waals surface area contributed by atoms with Gasteiger partial charge in [-0.25, -0.2) is 0 Å². The molecule has 0 aromatic carbocycles. The van der Waals surface area contributed by atoms with Crippen LogP contribution < -0.4 is 5.43 Å². The Hall–Kier alpha value is -0.530. The summed E-state index contributed by atoms with van der Waals surface area (Å²) in [6, 6.07) is 0.606. The highest BCUT2D eigenvalue weighted by molar-refractivity contribution is 5.57. The number of hydrazone groups is 1. The van der Waals surface area contributed by atoms with Crippen molar-refractivity contribution < 1.29 is 0 Å². The molecule has 1 aliphatic rings. The molecule has 1 atom stereocenters. The van der Waals surface area contributed by atoms with E-state index in [9.17, 15) is 0 Å². The first-order valence-electron chi connectivity index (χ1n) is 3.58. The molecule has 0 fully saturated rings. The topological polar surface area (TPSA) is 24.4 Å². The Bertz CT molecular complexity index is 107. The van der Waals surface area contributed by atoms with Crippen molar-refractivity contribution in [3.8, 4) is 0 Å². The smallest absolute Gasteiger partial charge is 0.0466 e. The van der Waals surface area contributed by atoms with Crippen molar-refractivity contribution in [3.05, 3.63) is 0 Å². The van der Waals surface area contributed by atoms with E-state index in [1.54, 1.807) is 0 Å². The predicted octanol–water partition coefficient (Wildman–Crippen LogP) is 1.38. The minimum absolute atomic E-state index is 0.606. The fourth-order valence-corrected chi connectivity index (χ4v) is 1.01. The number of hydrogen-bond donors (Lipinski definition) is 1. The van der Waals surface area contributed by atoms with Crippen molar-refractivity contribution >= 4 is 6.21 Å². The maximum absolute atomic E-state index is 4.00. The maximum Gasteiger partial charge on any atom is 0.0466 e. The van der Waals surface area contributed by atoms with Crippen LogP contribution in [0.1, 0.15) is 26.7 Å². The van der Waals surface area contributed by atoms with Crippen LogP contribution in [0.5, 0.6) is 0 Å². The average Bonchev–Trinajstić information content (AvgIpc) is 1.90. The van der Waals surface area contributed by atoms with Gasteiger partial charge in [0.15, 0.2) is 0 Å². The summed E-state index contributed by atoms with van der Waals surface area (Å²) in [7, 11) is 0. The number of hydrogen-bond acceptors (Lipinski definition) is 2. The summed E-state index contributed by atoms with van der Waals surface area (Å²) >= 11 is 0. The molecule has 1 heterocycles. The summed E-state index contributed by atoms with van der Waals surface area (Å²) in [4.78, 5) is 0. The van der Waals surface area contributed by atoms with Gasteiger partial charge in [0.2, 0.25) is 0 Å². The standard InChI is InChI=1S/C7H14N2/c1-6(2)7-4-3-5-8-9-7/h5-7,9H,3-4H2,1-2H3. The van der Waals surface area contributed by atoms with Crippen LogP contribution in [0.2, 0.25) is 0 Å². The van der Waals surface area contributed by atoms with Crippen LogP contribution >= 0.6 is 0 Å². The SMILES string of the molecule is CC(C)C1CCC=NN1. The van der Waals surface area contributed by atoms with Crippen LogP contribution in [-0.4, -0.2) is 12.3 Å². The first kappa shape index (κ1) is 6.59. The van der Waals surface area contributed by atoms with Crippen LogP contribution in [0.4, 0.5) is 0 Å². The molecule has 2 nitrogen and oxygen atoms in total. The van der Waals surface area contributed by atoms with Crippen molar-refractivity contribution in [2.24, 2.45) is 11.0 Å². The van der Waals surface area contributed by atoms with Crippen molar-refractivity contribution in [2.45, 2.75) is 32.7 Å². The summed E-state index contributed by atoms with van der Waals surface area (Å²) in [5, 5.41) is 4.00. The molecule has 0 bridgehead atoms. The van der Waals surface area contributed by atoms with Gasteiger partial charge in [-0.05, 0) is 18.8 Å². The lowest BCUT2D eigenvalue weighted by molar-refractivity contribution is 0.380. The Morgan fingerprint density at radius 2 is 2.44 bits per heavy atom. The third-order valence-corrected chi connectivity index (χ3v) is 1.74. The van der Waals surface area contributed by atoms with E-state index in [-0.39, 0.29) is 0 Å². The summed E-state index contributed by atoms with van der Waals surface area (Å²) in [6.07, 6.45) is 4.32. The van der Waals surface area contributed by atoms with E-state index in [1.165, 1.54) is 6.42 Å². The second-order valence-electron chi connectivity index (χ2n) is 2.87. The predicted molar refractivity (Wildman–Crippen MR) is 39.5 cm³/mol. The Kier molecular flexibility index (Phi) is 2.09. The van der Waals surface area contributed by atoms with Gasteiger partial charge >= 0.3 is 0 Å². The van der Waals surface area contributed by atoms with Crippen molar-refractivity contribution in [1.29, 1.82) is 0 Å². The lowest BCUT2D eigenvalue weighted by Crippen LogP contribution is -2.32. The highest BCUT2D eigenvalue weighted by Crippen LogP contribution is 2.09. The Balaban J connectivity index is 2.35. The minimum Gasteiger partial charge on any atom is -0.307 e. The van der Waals surface area contributed by atoms with Gasteiger partial charge in [-0.2, -0.15) is 5.10 Å². The molecule has 1 aliphatic heterocycles. The zero-order valence-corrected chi connectivity index (χ0v) is 6.09. The molecule has 1 N–H and O–H groups in total. The van der Waals surface area contributed by atoms with E-state index in [1.807, 2.05) is 6.21 Å². The van der Waals surface area contributed by atoms with Crippen LogP contribution in [0.25, 0.3) is 0 Å². The third kappa shape index (κ3) is 1.70. The fraction of sp³-hybridized carbons (Fsp3) is 0.857. The zero-order chi connectivity index (χ0) is 6.69. The molecule has 2 heteroatoms. The maximum atomic E-state index is 4.00. The van der Waals surface area contributed by atoms with Crippen LogP contribution in [-0.2, 0) is 0 Å². The lowest BCUT2D eigenvalue weighted by Gasteiger charge is -2.22. The largest absolute Gasteiger partial charge is 0.307 e. The summed E-state index contributed by atoms with van der Waals surface area (Å²) in [6.45, 7) is 4.44. The number of nitrogens with one attached hydrogen (secondary N) is 1. The van der Waals surface area contributed by atoms with Crippen molar-refractivity contribution in [3.63, 3.8) is 0 Å². The molecular formula is C7H14N2. The van der Waals surface area contributed by atoms with Crippen molar-refractivity contribution in [2.75, 3.05) is 0 Å². The summed E-state index contributed by atoms with van der Waals surface area (Å²) in [5.74, 6) is 0.711. The van der Waals surface area contributed by atoms with E-state index in [4.69, 9.17) is 0 Å². The molecule has 1 rings (SSSR count). The summed E-state index contributed by atoms with van der Waals surface area (Å²) < 4.78 is 0. The monoisotopic (exact) mass is 126 g/mol. The molecule has 9 heavy (non-hydrogen) atoms. The molecular weight excluding hydrogens is 112 g/mol. The van der Waals surface area contributed by atoms with Gasteiger partial charge in [0.25, 0.3) is 0 Å². The van der Waals surface area contributed by atoms with E-state index in [0.717, 1.165) is 6.42 Å². The Morgan fingerprint density at radius 3 is 2.78 bits per heavy atom. The molecule has 1 unspecified atom stereocenters. The molecule has 0 aromatic heterocycles. The zero-order valence-electron chi connectivity index (χ0n) is 6.09. The molecule has 52 valence electrons. The molecule has 0 saturated heterocycles. The quantitative estimate of drug-likeness (QED) is 0.564. The average molecular weight is 126 g/mol. The van der Waals surface area contributed by atoms with E-state index in [2.05, 4.69) is 24.4 Å². The Labute approximate surface area is 56.3 Å². The second kappa shape index (κ2) is 2.85. The van der Waals surface area contributed by atoms with E-state index in [0.29, 0.717) is 12.0 Å². The first-order valence-corrected chi connectivity index (χ1v) is 3.58. The fourth-order valence-electron chi connectivity index (χ4n) is 1.01. The molecule has 0 aromatic rings. The van der Waals surface area contributed by atoms with E-state index < -0.39 is 0 Å². The van der Waals surface area contributed by atoms with Crippen LogP contribution in [0, 0.1) is 5.92 Å². The van der Waals surface area contributed by atoms with Crippen molar-refractivity contribution in [1.82, 2.24) is 5.43 Å². The molecule has 0 amide bonds. The van der Waals surface area contributed by atoms with E-state index >= 15 is 0 Å². The normalized spacial score (nSPS) is 26.3.